The van der Waals surface area contributed by atoms with Gasteiger partial charge in [0.1, 0.15) is 24.4 Å². The second kappa shape index (κ2) is 49.0. The molecule has 0 aromatic rings. The summed E-state index contributed by atoms with van der Waals surface area (Å²) in [5.41, 5.74) is 0. The summed E-state index contributed by atoms with van der Waals surface area (Å²) in [5, 5.41) is 54.5. The average molecular weight is 963 g/mol. The molecule has 1 heterocycles. The van der Waals surface area contributed by atoms with Crippen LogP contribution in [-0.4, -0.2) is 87.5 Å². The third-order valence-corrected chi connectivity index (χ3v) is 14.0. The Kier molecular flexibility index (Phi) is 46.4. The summed E-state index contributed by atoms with van der Waals surface area (Å²) < 4.78 is 11.3. The van der Waals surface area contributed by atoms with Gasteiger partial charge in [-0.05, 0) is 51.4 Å². The Hall–Kier alpha value is -1.59. The molecule has 0 bridgehead atoms. The van der Waals surface area contributed by atoms with Crippen LogP contribution in [0.25, 0.3) is 0 Å². The SMILES string of the molecule is CCCCCCCCCCC/C=C\C/C=C\CCCCCCCCCCCC(=O)NC(COC1OC(CO)C(O)C(O)C1O)C(O)/C=C/CCCCCCCCCCCCCCCCCCCC. The number of unbranched alkanes of at least 4 members (excludes halogenated alkanes) is 36. The standard InChI is InChI=1S/C59H111NO8/c1-3-5-7-9-11-13-15-17-19-21-23-25-26-27-28-29-31-33-35-37-39-41-43-45-47-49-55(63)60-52(51-67-59-58(66)57(65)56(64)54(50-61)68-59)53(62)48-46-44-42-40-38-36-34-32-30-24-22-20-18-16-14-12-10-8-6-4-2/h23,25,27-28,46,48,52-54,56-59,61-62,64-66H,3-22,24,26,29-45,47,49-51H2,1-2H3,(H,60,63)/b25-23-,28-27-,48-46+. The second-order valence-electron chi connectivity index (χ2n) is 20.4. The van der Waals surface area contributed by atoms with Gasteiger partial charge in [-0.25, -0.2) is 0 Å². The van der Waals surface area contributed by atoms with E-state index in [1.54, 1.807) is 6.08 Å². The number of aliphatic hydroxyl groups excluding tert-OH is 5. The Morgan fingerprint density at radius 1 is 0.500 bits per heavy atom. The van der Waals surface area contributed by atoms with Crippen molar-refractivity contribution in [2.75, 3.05) is 13.2 Å². The minimum atomic E-state index is -1.57. The van der Waals surface area contributed by atoms with Crippen LogP contribution in [0.3, 0.4) is 0 Å². The lowest BCUT2D eigenvalue weighted by Gasteiger charge is -2.40. The lowest BCUT2D eigenvalue weighted by Crippen LogP contribution is -2.60. The van der Waals surface area contributed by atoms with Gasteiger partial charge in [0.05, 0.1) is 25.4 Å². The molecule has 1 amide bonds. The number of amides is 1. The highest BCUT2D eigenvalue weighted by Crippen LogP contribution is 2.23. The van der Waals surface area contributed by atoms with Gasteiger partial charge in [-0.15, -0.1) is 0 Å². The van der Waals surface area contributed by atoms with Crippen LogP contribution < -0.4 is 5.32 Å². The monoisotopic (exact) mass is 962 g/mol. The molecular formula is C59H111NO8. The third kappa shape index (κ3) is 38.1. The minimum Gasteiger partial charge on any atom is -0.394 e. The Labute approximate surface area is 419 Å². The van der Waals surface area contributed by atoms with Crippen LogP contribution in [0.5, 0.6) is 0 Å². The summed E-state index contributed by atoms with van der Waals surface area (Å²) >= 11 is 0. The Balaban J connectivity index is 2.23. The van der Waals surface area contributed by atoms with E-state index in [0.29, 0.717) is 6.42 Å². The van der Waals surface area contributed by atoms with E-state index in [4.69, 9.17) is 9.47 Å². The molecule has 1 aliphatic rings. The number of rotatable bonds is 50. The maximum Gasteiger partial charge on any atom is 0.220 e. The fourth-order valence-corrected chi connectivity index (χ4v) is 9.31. The second-order valence-corrected chi connectivity index (χ2v) is 20.4. The zero-order valence-electron chi connectivity index (χ0n) is 44.4. The highest BCUT2D eigenvalue weighted by molar-refractivity contribution is 5.76. The molecule has 1 fully saturated rings. The van der Waals surface area contributed by atoms with E-state index >= 15 is 0 Å². The Morgan fingerprint density at radius 2 is 0.868 bits per heavy atom. The zero-order chi connectivity index (χ0) is 49.4. The zero-order valence-corrected chi connectivity index (χ0v) is 44.4. The number of hydrogen-bond donors (Lipinski definition) is 6. The number of allylic oxidation sites excluding steroid dienone is 5. The van der Waals surface area contributed by atoms with E-state index in [1.807, 2.05) is 6.08 Å². The van der Waals surface area contributed by atoms with Gasteiger partial charge < -0.3 is 40.3 Å². The number of hydrogen-bond acceptors (Lipinski definition) is 8. The van der Waals surface area contributed by atoms with Crippen LogP contribution in [0.1, 0.15) is 277 Å². The average Bonchev–Trinajstić information content (AvgIpc) is 3.34. The van der Waals surface area contributed by atoms with Crippen LogP contribution >= 0.6 is 0 Å². The molecule has 7 atom stereocenters. The molecule has 9 nitrogen and oxygen atoms in total. The van der Waals surface area contributed by atoms with Gasteiger partial charge in [-0.2, -0.15) is 0 Å². The molecule has 0 saturated carbocycles. The van der Waals surface area contributed by atoms with Gasteiger partial charge >= 0.3 is 0 Å². The van der Waals surface area contributed by atoms with E-state index in [1.165, 1.54) is 212 Å². The van der Waals surface area contributed by atoms with E-state index < -0.39 is 49.5 Å². The van der Waals surface area contributed by atoms with Crippen LogP contribution in [-0.2, 0) is 14.3 Å². The highest BCUT2D eigenvalue weighted by Gasteiger charge is 2.44. The molecular weight excluding hydrogens is 851 g/mol. The third-order valence-electron chi connectivity index (χ3n) is 14.0. The molecule has 1 saturated heterocycles. The summed E-state index contributed by atoms with van der Waals surface area (Å²) in [6.07, 6.45) is 56.3. The van der Waals surface area contributed by atoms with E-state index in [-0.39, 0.29) is 12.5 Å². The molecule has 1 rings (SSSR count). The number of aliphatic hydroxyl groups is 5. The van der Waals surface area contributed by atoms with Gasteiger partial charge in [-0.3, -0.25) is 4.79 Å². The first kappa shape index (κ1) is 64.4. The van der Waals surface area contributed by atoms with E-state index in [9.17, 15) is 30.3 Å². The van der Waals surface area contributed by atoms with Crippen molar-refractivity contribution in [3.63, 3.8) is 0 Å². The number of ether oxygens (including phenoxy) is 2. The lowest BCUT2D eigenvalue weighted by molar-refractivity contribution is -0.302. The Bertz CT molecular complexity index is 1160. The molecule has 9 heteroatoms. The minimum absolute atomic E-state index is 0.178. The van der Waals surface area contributed by atoms with Gasteiger partial charge in [-0.1, -0.05) is 256 Å². The molecule has 0 aliphatic carbocycles. The lowest BCUT2D eigenvalue weighted by atomic mass is 9.99. The molecule has 1 aliphatic heterocycles. The smallest absolute Gasteiger partial charge is 0.220 e. The highest BCUT2D eigenvalue weighted by atomic mass is 16.7. The fourth-order valence-electron chi connectivity index (χ4n) is 9.31. The van der Waals surface area contributed by atoms with Crippen molar-refractivity contribution in [1.29, 1.82) is 0 Å². The predicted octanol–water partition coefficient (Wildman–Crippen LogP) is 14.4. The van der Waals surface area contributed by atoms with Crippen molar-refractivity contribution in [3.05, 3.63) is 36.5 Å². The molecule has 0 aromatic carbocycles. The molecule has 0 radical (unpaired) electrons. The van der Waals surface area contributed by atoms with Crippen LogP contribution in [0, 0.1) is 0 Å². The number of carbonyl (C=O) groups is 1. The molecule has 0 spiro atoms. The normalized spacial score (nSPS) is 19.8. The van der Waals surface area contributed by atoms with Crippen LogP contribution in [0.4, 0.5) is 0 Å². The molecule has 6 N–H and O–H groups in total. The van der Waals surface area contributed by atoms with Crippen molar-refractivity contribution in [2.24, 2.45) is 0 Å². The first-order chi connectivity index (χ1) is 33.3. The fraction of sp³-hybridized carbons (Fsp3) is 0.881. The van der Waals surface area contributed by atoms with Crippen molar-refractivity contribution in [2.45, 2.75) is 320 Å². The summed E-state index contributed by atoms with van der Waals surface area (Å²) in [6, 6.07) is -0.807. The maximum atomic E-state index is 13.1. The quantitative estimate of drug-likeness (QED) is 0.0261. The van der Waals surface area contributed by atoms with Gasteiger partial charge in [0.25, 0.3) is 0 Å². The maximum absolute atomic E-state index is 13.1. The van der Waals surface area contributed by atoms with Crippen LogP contribution in [0.2, 0.25) is 0 Å². The summed E-state index contributed by atoms with van der Waals surface area (Å²) in [5.74, 6) is -0.178. The first-order valence-corrected chi connectivity index (χ1v) is 29.2. The van der Waals surface area contributed by atoms with Gasteiger partial charge in [0.15, 0.2) is 6.29 Å². The van der Waals surface area contributed by atoms with Crippen molar-refractivity contribution < 1.29 is 39.8 Å². The van der Waals surface area contributed by atoms with Crippen LogP contribution in [0.15, 0.2) is 36.5 Å². The molecule has 400 valence electrons. The number of carbonyl (C=O) groups excluding carboxylic acids is 1. The van der Waals surface area contributed by atoms with Crippen molar-refractivity contribution in [1.82, 2.24) is 5.32 Å². The van der Waals surface area contributed by atoms with E-state index in [0.717, 1.165) is 44.9 Å². The van der Waals surface area contributed by atoms with E-state index in [2.05, 4.69) is 43.5 Å². The Morgan fingerprint density at radius 3 is 1.26 bits per heavy atom. The molecule has 7 unspecified atom stereocenters. The van der Waals surface area contributed by atoms with Crippen molar-refractivity contribution in [3.8, 4) is 0 Å². The summed E-state index contributed by atoms with van der Waals surface area (Å²) in [6.45, 7) is 3.81. The molecule has 0 aromatic heterocycles. The first-order valence-electron chi connectivity index (χ1n) is 29.2. The van der Waals surface area contributed by atoms with Gasteiger partial charge in [0.2, 0.25) is 5.91 Å². The van der Waals surface area contributed by atoms with Crippen molar-refractivity contribution >= 4 is 5.91 Å². The summed E-state index contributed by atoms with van der Waals surface area (Å²) in [4.78, 5) is 13.1. The predicted molar refractivity (Wildman–Crippen MR) is 286 cm³/mol. The number of nitrogens with one attached hydrogen (secondary N) is 1. The topological polar surface area (TPSA) is 149 Å². The molecule has 68 heavy (non-hydrogen) atoms. The van der Waals surface area contributed by atoms with Gasteiger partial charge in [0, 0.05) is 6.42 Å². The summed E-state index contributed by atoms with van der Waals surface area (Å²) in [7, 11) is 0. The largest absolute Gasteiger partial charge is 0.394 e.